The molecule has 2 amide bonds. The number of amides is 2. The number of nitrogens with zero attached hydrogens (tertiary/aromatic N) is 1. The SMILES string of the molecule is CC1CCCC(CN2C(=O)C(C(C)C)NC(=O)C2C)C1. The topological polar surface area (TPSA) is 49.4 Å². The van der Waals surface area contributed by atoms with Crippen molar-refractivity contribution in [1.82, 2.24) is 10.2 Å². The number of hydrogen-bond acceptors (Lipinski definition) is 2. The number of nitrogens with one attached hydrogen (secondary N) is 1. The van der Waals surface area contributed by atoms with Crippen molar-refractivity contribution in [2.45, 2.75) is 65.5 Å². The van der Waals surface area contributed by atoms with Gasteiger partial charge in [0.25, 0.3) is 0 Å². The zero-order valence-corrected chi connectivity index (χ0v) is 13.2. The summed E-state index contributed by atoms with van der Waals surface area (Å²) >= 11 is 0. The molecule has 1 N–H and O–H groups in total. The number of carbonyl (C=O) groups excluding carboxylic acids is 2. The third-order valence-electron chi connectivity index (χ3n) is 4.86. The maximum atomic E-state index is 12.6. The highest BCUT2D eigenvalue weighted by Crippen LogP contribution is 2.30. The van der Waals surface area contributed by atoms with Crippen molar-refractivity contribution >= 4 is 11.8 Å². The Labute approximate surface area is 122 Å². The van der Waals surface area contributed by atoms with Gasteiger partial charge in [-0.1, -0.05) is 33.6 Å². The number of piperazine rings is 1. The van der Waals surface area contributed by atoms with Gasteiger partial charge in [0.05, 0.1) is 0 Å². The molecule has 2 aliphatic rings. The molecule has 2 fully saturated rings. The average Bonchev–Trinajstić information content (AvgIpc) is 2.38. The largest absolute Gasteiger partial charge is 0.342 e. The number of hydrogen-bond donors (Lipinski definition) is 1. The van der Waals surface area contributed by atoms with Crippen LogP contribution in [0, 0.1) is 17.8 Å². The van der Waals surface area contributed by atoms with E-state index >= 15 is 0 Å². The van der Waals surface area contributed by atoms with Crippen molar-refractivity contribution in [1.29, 1.82) is 0 Å². The summed E-state index contributed by atoms with van der Waals surface area (Å²) in [5.41, 5.74) is 0. The number of rotatable bonds is 3. The van der Waals surface area contributed by atoms with Crippen LogP contribution < -0.4 is 5.32 Å². The molecular weight excluding hydrogens is 252 g/mol. The second kappa shape index (κ2) is 6.15. The average molecular weight is 280 g/mol. The molecule has 20 heavy (non-hydrogen) atoms. The zero-order valence-electron chi connectivity index (χ0n) is 13.2. The minimum Gasteiger partial charge on any atom is -0.342 e. The lowest BCUT2D eigenvalue weighted by molar-refractivity contribution is -0.150. The van der Waals surface area contributed by atoms with Crippen LogP contribution in [0.2, 0.25) is 0 Å². The van der Waals surface area contributed by atoms with E-state index in [-0.39, 0.29) is 29.8 Å². The zero-order chi connectivity index (χ0) is 14.9. The first-order valence-electron chi connectivity index (χ1n) is 8.01. The molecule has 0 aromatic rings. The Kier molecular flexibility index (Phi) is 4.71. The smallest absolute Gasteiger partial charge is 0.246 e. The predicted molar refractivity (Wildman–Crippen MR) is 79.1 cm³/mol. The van der Waals surface area contributed by atoms with E-state index in [0.717, 1.165) is 12.5 Å². The molecule has 1 aliphatic heterocycles. The van der Waals surface area contributed by atoms with Crippen LogP contribution in [-0.2, 0) is 9.59 Å². The van der Waals surface area contributed by atoms with E-state index in [1.165, 1.54) is 25.7 Å². The minimum atomic E-state index is -0.347. The van der Waals surface area contributed by atoms with Gasteiger partial charge in [-0.25, -0.2) is 0 Å². The summed E-state index contributed by atoms with van der Waals surface area (Å²) in [6.45, 7) is 8.85. The van der Waals surface area contributed by atoms with Gasteiger partial charge in [0.1, 0.15) is 12.1 Å². The van der Waals surface area contributed by atoms with E-state index in [0.29, 0.717) is 5.92 Å². The summed E-state index contributed by atoms with van der Waals surface area (Å²) in [4.78, 5) is 26.5. The Morgan fingerprint density at radius 3 is 2.55 bits per heavy atom. The molecule has 4 unspecified atom stereocenters. The summed E-state index contributed by atoms with van der Waals surface area (Å²) in [6.07, 6.45) is 4.93. The molecule has 4 nitrogen and oxygen atoms in total. The van der Waals surface area contributed by atoms with Gasteiger partial charge in [0.15, 0.2) is 0 Å². The van der Waals surface area contributed by atoms with Crippen molar-refractivity contribution in [2.24, 2.45) is 17.8 Å². The monoisotopic (exact) mass is 280 g/mol. The molecule has 1 saturated heterocycles. The van der Waals surface area contributed by atoms with Gasteiger partial charge in [0.2, 0.25) is 11.8 Å². The third-order valence-corrected chi connectivity index (χ3v) is 4.86. The van der Waals surface area contributed by atoms with E-state index < -0.39 is 0 Å². The van der Waals surface area contributed by atoms with Gasteiger partial charge in [-0.15, -0.1) is 0 Å². The summed E-state index contributed by atoms with van der Waals surface area (Å²) in [6, 6.07) is -0.672. The van der Waals surface area contributed by atoms with Gasteiger partial charge in [-0.05, 0) is 37.5 Å². The summed E-state index contributed by atoms with van der Waals surface area (Å²) in [5, 5.41) is 2.86. The van der Waals surface area contributed by atoms with Crippen LogP contribution in [0.3, 0.4) is 0 Å². The summed E-state index contributed by atoms with van der Waals surface area (Å²) in [5.74, 6) is 1.55. The van der Waals surface area contributed by atoms with Crippen LogP contribution in [0.1, 0.15) is 53.4 Å². The molecule has 0 aromatic carbocycles. The van der Waals surface area contributed by atoms with Crippen molar-refractivity contribution in [3.05, 3.63) is 0 Å². The minimum absolute atomic E-state index is 0.00726. The summed E-state index contributed by atoms with van der Waals surface area (Å²) in [7, 11) is 0. The molecule has 0 spiro atoms. The highest BCUT2D eigenvalue weighted by atomic mass is 16.2. The highest BCUT2D eigenvalue weighted by molar-refractivity contribution is 5.96. The second-order valence-corrected chi connectivity index (χ2v) is 7.03. The molecule has 1 heterocycles. The van der Waals surface area contributed by atoms with Gasteiger partial charge >= 0.3 is 0 Å². The van der Waals surface area contributed by atoms with Gasteiger partial charge in [-0.2, -0.15) is 0 Å². The van der Waals surface area contributed by atoms with Crippen molar-refractivity contribution < 1.29 is 9.59 Å². The molecule has 0 bridgehead atoms. The van der Waals surface area contributed by atoms with Crippen molar-refractivity contribution in [3.8, 4) is 0 Å². The predicted octanol–water partition coefficient (Wildman–Crippen LogP) is 2.18. The van der Waals surface area contributed by atoms with Gasteiger partial charge in [-0.3, -0.25) is 9.59 Å². The van der Waals surface area contributed by atoms with E-state index in [9.17, 15) is 9.59 Å². The third kappa shape index (κ3) is 3.15. The lowest BCUT2D eigenvalue weighted by Crippen LogP contribution is -2.64. The van der Waals surface area contributed by atoms with E-state index in [2.05, 4.69) is 12.2 Å². The van der Waals surface area contributed by atoms with Crippen molar-refractivity contribution in [2.75, 3.05) is 6.54 Å². The summed E-state index contributed by atoms with van der Waals surface area (Å²) < 4.78 is 0. The van der Waals surface area contributed by atoms with Crippen LogP contribution in [0.25, 0.3) is 0 Å². The first-order valence-corrected chi connectivity index (χ1v) is 8.01. The fraction of sp³-hybridized carbons (Fsp3) is 0.875. The fourth-order valence-corrected chi connectivity index (χ4v) is 3.55. The first kappa shape index (κ1) is 15.3. The molecule has 4 heteroatoms. The van der Waals surface area contributed by atoms with Crippen LogP contribution in [-0.4, -0.2) is 35.3 Å². The molecule has 1 aliphatic carbocycles. The molecule has 114 valence electrons. The molecule has 4 atom stereocenters. The molecule has 1 saturated carbocycles. The Morgan fingerprint density at radius 1 is 1.25 bits per heavy atom. The van der Waals surface area contributed by atoms with Crippen LogP contribution in [0.15, 0.2) is 0 Å². The lowest BCUT2D eigenvalue weighted by atomic mass is 9.81. The Bertz CT molecular complexity index is 381. The van der Waals surface area contributed by atoms with E-state index in [1.54, 1.807) is 0 Å². The van der Waals surface area contributed by atoms with Crippen molar-refractivity contribution in [3.63, 3.8) is 0 Å². The molecule has 0 aromatic heterocycles. The van der Waals surface area contributed by atoms with Gasteiger partial charge < -0.3 is 10.2 Å². The maximum absolute atomic E-state index is 12.6. The fourth-order valence-electron chi connectivity index (χ4n) is 3.55. The van der Waals surface area contributed by atoms with Crippen LogP contribution in [0.4, 0.5) is 0 Å². The first-order chi connectivity index (χ1) is 9.40. The maximum Gasteiger partial charge on any atom is 0.246 e. The van der Waals surface area contributed by atoms with Gasteiger partial charge in [0, 0.05) is 6.54 Å². The Morgan fingerprint density at radius 2 is 1.95 bits per heavy atom. The van der Waals surface area contributed by atoms with E-state index in [1.807, 2.05) is 25.7 Å². The molecule has 2 rings (SSSR count). The standard InChI is InChI=1S/C16H28N2O2/c1-10(2)14-16(20)18(12(4)15(19)17-14)9-13-7-5-6-11(3)8-13/h10-14H,5-9H2,1-4H3,(H,17,19). The Hall–Kier alpha value is -1.06. The molecule has 0 radical (unpaired) electrons. The lowest BCUT2D eigenvalue weighted by Gasteiger charge is -2.41. The van der Waals surface area contributed by atoms with E-state index in [4.69, 9.17) is 0 Å². The molecular formula is C16H28N2O2. The Balaban J connectivity index is 2.06. The quantitative estimate of drug-likeness (QED) is 0.861. The van der Waals surface area contributed by atoms with Crippen LogP contribution >= 0.6 is 0 Å². The number of carbonyl (C=O) groups is 2. The highest BCUT2D eigenvalue weighted by Gasteiger charge is 2.40. The normalized spacial score (nSPS) is 35.4. The van der Waals surface area contributed by atoms with Crippen LogP contribution in [0.5, 0.6) is 0 Å². The second-order valence-electron chi connectivity index (χ2n) is 7.03.